The summed E-state index contributed by atoms with van der Waals surface area (Å²) in [6.45, 7) is 0.210. The van der Waals surface area contributed by atoms with Crippen LogP contribution in [0, 0.1) is 0 Å². The molecule has 112 valence electrons. The number of carbonyl (C=O) groups excluding carboxylic acids is 1. The maximum absolute atomic E-state index is 11.7. The van der Waals surface area contributed by atoms with Crippen molar-refractivity contribution in [1.29, 1.82) is 0 Å². The normalized spacial score (nSPS) is 13.0. The van der Waals surface area contributed by atoms with Crippen molar-refractivity contribution in [3.05, 3.63) is 33.8 Å². The second-order valence-corrected chi connectivity index (χ2v) is 7.58. The zero-order valence-corrected chi connectivity index (χ0v) is 13.2. The number of hydrogen-bond donors (Lipinski definition) is 2. The lowest BCUT2D eigenvalue weighted by Crippen LogP contribution is -2.41. The van der Waals surface area contributed by atoms with Crippen LogP contribution in [-0.2, 0) is 21.2 Å². The lowest BCUT2D eigenvalue weighted by Gasteiger charge is -2.12. The Kier molecular flexibility index (Phi) is 6.26. The average Bonchev–Trinajstić information content (AvgIpc) is 2.33. The fourth-order valence-electron chi connectivity index (χ4n) is 1.45. The van der Waals surface area contributed by atoms with Crippen molar-refractivity contribution in [2.24, 2.45) is 5.73 Å². The van der Waals surface area contributed by atoms with Gasteiger partial charge in [0.05, 0.1) is 11.8 Å². The van der Waals surface area contributed by atoms with Gasteiger partial charge < -0.3 is 11.1 Å². The Hall–Kier alpha value is -0.820. The molecule has 8 heteroatoms. The molecule has 1 atom stereocenters. The van der Waals surface area contributed by atoms with Gasteiger partial charge in [-0.1, -0.05) is 29.3 Å². The Balaban J connectivity index is 2.50. The molecular formula is C12H16Cl2N2O3S. The van der Waals surface area contributed by atoms with Gasteiger partial charge in [0.15, 0.2) is 0 Å². The van der Waals surface area contributed by atoms with Gasteiger partial charge in [-0.15, -0.1) is 0 Å². The lowest BCUT2D eigenvalue weighted by atomic mass is 10.2. The second-order valence-electron chi connectivity index (χ2n) is 4.48. The highest BCUT2D eigenvalue weighted by atomic mass is 35.5. The van der Waals surface area contributed by atoms with Gasteiger partial charge in [-0.25, -0.2) is 8.42 Å². The molecule has 0 spiro atoms. The van der Waals surface area contributed by atoms with Crippen molar-refractivity contribution in [3.63, 3.8) is 0 Å². The number of halogens is 2. The van der Waals surface area contributed by atoms with E-state index in [1.54, 1.807) is 18.2 Å². The Morgan fingerprint density at radius 2 is 2.05 bits per heavy atom. The summed E-state index contributed by atoms with van der Waals surface area (Å²) >= 11 is 11.7. The molecule has 0 fully saturated rings. The SMILES string of the molecule is CS(=O)(=O)CCC(N)C(=O)NCc1ccc(Cl)cc1Cl. The van der Waals surface area contributed by atoms with Crippen LogP contribution >= 0.6 is 23.2 Å². The molecule has 0 heterocycles. The number of rotatable bonds is 6. The van der Waals surface area contributed by atoms with Crippen LogP contribution in [0.1, 0.15) is 12.0 Å². The number of amides is 1. The summed E-state index contributed by atoms with van der Waals surface area (Å²) in [7, 11) is -3.13. The number of nitrogens with one attached hydrogen (secondary N) is 1. The number of nitrogens with two attached hydrogens (primary N) is 1. The van der Waals surface area contributed by atoms with E-state index in [4.69, 9.17) is 28.9 Å². The number of hydrogen-bond acceptors (Lipinski definition) is 4. The number of benzene rings is 1. The topological polar surface area (TPSA) is 89.3 Å². The largest absolute Gasteiger partial charge is 0.351 e. The van der Waals surface area contributed by atoms with E-state index in [2.05, 4.69) is 5.32 Å². The van der Waals surface area contributed by atoms with Crippen molar-refractivity contribution in [2.45, 2.75) is 19.0 Å². The van der Waals surface area contributed by atoms with E-state index < -0.39 is 21.8 Å². The van der Waals surface area contributed by atoms with Gasteiger partial charge in [0.1, 0.15) is 9.84 Å². The summed E-state index contributed by atoms with van der Waals surface area (Å²) < 4.78 is 22.0. The summed E-state index contributed by atoms with van der Waals surface area (Å²) in [5, 5.41) is 3.56. The first-order valence-corrected chi connectivity index (χ1v) is 8.65. The summed E-state index contributed by atoms with van der Waals surface area (Å²) in [6, 6.07) is 4.08. The van der Waals surface area contributed by atoms with Gasteiger partial charge >= 0.3 is 0 Å². The van der Waals surface area contributed by atoms with E-state index in [1.165, 1.54) is 0 Å². The zero-order valence-electron chi connectivity index (χ0n) is 10.9. The number of sulfone groups is 1. The van der Waals surface area contributed by atoms with Gasteiger partial charge in [0.2, 0.25) is 5.91 Å². The molecule has 1 rings (SSSR count). The van der Waals surface area contributed by atoms with Crippen LogP contribution in [0.4, 0.5) is 0 Å². The molecule has 0 aliphatic carbocycles. The maximum atomic E-state index is 11.7. The van der Waals surface area contributed by atoms with Crippen molar-refractivity contribution >= 4 is 38.9 Å². The third kappa shape index (κ3) is 6.09. The fraction of sp³-hybridized carbons (Fsp3) is 0.417. The first kappa shape index (κ1) is 17.2. The zero-order chi connectivity index (χ0) is 15.3. The van der Waals surface area contributed by atoms with Gasteiger partial charge in [-0.3, -0.25) is 4.79 Å². The van der Waals surface area contributed by atoms with Crippen LogP contribution in [0.25, 0.3) is 0 Å². The third-order valence-corrected chi connectivity index (χ3v) is 4.17. The molecule has 0 aromatic heterocycles. The molecule has 0 saturated heterocycles. The molecule has 0 bridgehead atoms. The summed E-state index contributed by atoms with van der Waals surface area (Å²) in [4.78, 5) is 11.7. The van der Waals surface area contributed by atoms with Crippen LogP contribution < -0.4 is 11.1 Å². The molecule has 1 amide bonds. The number of carbonyl (C=O) groups is 1. The molecular weight excluding hydrogens is 323 g/mol. The highest BCUT2D eigenvalue weighted by Crippen LogP contribution is 2.20. The van der Waals surface area contributed by atoms with E-state index in [0.717, 1.165) is 6.26 Å². The van der Waals surface area contributed by atoms with E-state index in [9.17, 15) is 13.2 Å². The van der Waals surface area contributed by atoms with Crippen LogP contribution in [0.3, 0.4) is 0 Å². The molecule has 20 heavy (non-hydrogen) atoms. The monoisotopic (exact) mass is 338 g/mol. The van der Waals surface area contributed by atoms with Crippen LogP contribution in [0.2, 0.25) is 10.0 Å². The Labute approximate surface area is 128 Å². The molecule has 0 aliphatic rings. The van der Waals surface area contributed by atoms with E-state index in [1.807, 2.05) is 0 Å². The highest BCUT2D eigenvalue weighted by molar-refractivity contribution is 7.90. The Morgan fingerprint density at radius 1 is 1.40 bits per heavy atom. The second kappa shape index (κ2) is 7.26. The van der Waals surface area contributed by atoms with Crippen molar-refractivity contribution in [3.8, 4) is 0 Å². The predicted octanol–water partition coefficient (Wildman–Crippen LogP) is 1.37. The lowest BCUT2D eigenvalue weighted by molar-refractivity contribution is -0.122. The molecule has 5 nitrogen and oxygen atoms in total. The Morgan fingerprint density at radius 3 is 2.60 bits per heavy atom. The quantitative estimate of drug-likeness (QED) is 0.819. The summed E-state index contributed by atoms with van der Waals surface area (Å²) in [6.07, 6.45) is 1.18. The van der Waals surface area contributed by atoms with E-state index in [0.29, 0.717) is 15.6 Å². The molecule has 0 radical (unpaired) electrons. The highest BCUT2D eigenvalue weighted by Gasteiger charge is 2.16. The third-order valence-electron chi connectivity index (χ3n) is 2.60. The standard InChI is InChI=1S/C12H16Cl2N2O3S/c1-20(18,19)5-4-11(15)12(17)16-7-8-2-3-9(13)6-10(8)14/h2-3,6,11H,4-5,7,15H2,1H3,(H,16,17). The molecule has 1 aromatic carbocycles. The van der Waals surface area contributed by atoms with E-state index >= 15 is 0 Å². The molecule has 0 saturated carbocycles. The van der Waals surface area contributed by atoms with Crippen molar-refractivity contribution in [2.75, 3.05) is 12.0 Å². The fourth-order valence-corrected chi connectivity index (χ4v) is 2.61. The van der Waals surface area contributed by atoms with Crippen LogP contribution in [0.15, 0.2) is 18.2 Å². The minimum atomic E-state index is -3.13. The minimum absolute atomic E-state index is 0.0824. The molecule has 0 aliphatic heterocycles. The first-order valence-electron chi connectivity index (χ1n) is 5.84. The van der Waals surface area contributed by atoms with Gasteiger partial charge in [-0.2, -0.15) is 0 Å². The van der Waals surface area contributed by atoms with Crippen LogP contribution in [-0.4, -0.2) is 32.4 Å². The molecule has 1 unspecified atom stereocenters. The van der Waals surface area contributed by atoms with Gasteiger partial charge in [0.25, 0.3) is 0 Å². The van der Waals surface area contributed by atoms with Crippen molar-refractivity contribution in [1.82, 2.24) is 5.32 Å². The Bertz CT molecular complexity index is 590. The molecule has 1 aromatic rings. The van der Waals surface area contributed by atoms with E-state index in [-0.39, 0.29) is 18.7 Å². The first-order chi connectivity index (χ1) is 9.19. The predicted molar refractivity (Wildman–Crippen MR) is 80.6 cm³/mol. The molecule has 3 N–H and O–H groups in total. The maximum Gasteiger partial charge on any atom is 0.237 e. The summed E-state index contributed by atoms with van der Waals surface area (Å²) in [5.74, 6) is -0.539. The average molecular weight is 339 g/mol. The van der Waals surface area contributed by atoms with Crippen molar-refractivity contribution < 1.29 is 13.2 Å². The van der Waals surface area contributed by atoms with Gasteiger partial charge in [-0.05, 0) is 24.1 Å². The van der Waals surface area contributed by atoms with Gasteiger partial charge in [0, 0.05) is 22.8 Å². The van der Waals surface area contributed by atoms with Crippen LogP contribution in [0.5, 0.6) is 0 Å². The summed E-state index contributed by atoms with van der Waals surface area (Å²) in [5.41, 5.74) is 6.33. The smallest absolute Gasteiger partial charge is 0.237 e. The minimum Gasteiger partial charge on any atom is -0.351 e.